The van der Waals surface area contributed by atoms with Gasteiger partial charge < -0.3 is 5.32 Å². The van der Waals surface area contributed by atoms with Gasteiger partial charge in [0.25, 0.3) is 11.5 Å². The van der Waals surface area contributed by atoms with Gasteiger partial charge in [-0.05, 0) is 17.5 Å². The molecule has 1 amide bonds. The number of hydrogen-bond donors (Lipinski definition) is 1. The van der Waals surface area contributed by atoms with E-state index in [0.29, 0.717) is 5.69 Å². The first-order valence-electron chi connectivity index (χ1n) is 6.40. The Morgan fingerprint density at radius 2 is 2.23 bits per heavy atom. The van der Waals surface area contributed by atoms with Crippen LogP contribution < -0.4 is 10.9 Å². The van der Waals surface area contributed by atoms with E-state index in [9.17, 15) is 9.59 Å². The topological polar surface area (TPSA) is 94.7 Å². The molecule has 0 saturated carbocycles. The monoisotopic (exact) mass is 316 g/mol. The van der Waals surface area contributed by atoms with Crippen LogP contribution in [0.1, 0.15) is 16.2 Å². The first-order valence-corrected chi connectivity index (χ1v) is 7.34. The van der Waals surface area contributed by atoms with Gasteiger partial charge in [0.2, 0.25) is 0 Å². The first kappa shape index (κ1) is 14.1. The van der Waals surface area contributed by atoms with Crippen LogP contribution in [0.2, 0.25) is 0 Å². The Morgan fingerprint density at radius 1 is 1.36 bits per heavy atom. The zero-order chi connectivity index (χ0) is 15.5. The number of nitrogens with zero attached hydrogens (tertiary/aromatic N) is 5. The highest BCUT2D eigenvalue weighted by Gasteiger charge is 2.10. The predicted molar refractivity (Wildman–Crippen MR) is 79.9 cm³/mol. The van der Waals surface area contributed by atoms with Gasteiger partial charge in [0.15, 0.2) is 0 Å². The highest BCUT2D eigenvalue weighted by atomic mass is 32.1. The zero-order valence-electron chi connectivity index (χ0n) is 11.6. The summed E-state index contributed by atoms with van der Waals surface area (Å²) in [6.45, 7) is 0.230. The van der Waals surface area contributed by atoms with Crippen molar-refractivity contribution in [3.8, 4) is 5.69 Å². The van der Waals surface area contributed by atoms with Gasteiger partial charge in [0.1, 0.15) is 11.4 Å². The highest BCUT2D eigenvalue weighted by molar-refractivity contribution is 7.08. The molecule has 0 aliphatic rings. The Hall–Kier alpha value is -2.81. The molecule has 112 valence electrons. The second-order valence-electron chi connectivity index (χ2n) is 4.50. The van der Waals surface area contributed by atoms with E-state index in [0.717, 1.165) is 10.4 Å². The molecular weight excluding hydrogens is 304 g/mol. The molecule has 0 aliphatic carbocycles. The number of aryl methyl sites for hydroxylation is 1. The van der Waals surface area contributed by atoms with Crippen LogP contribution in [0.3, 0.4) is 0 Å². The molecular formula is C13H12N6O2S. The molecule has 3 rings (SSSR count). The maximum Gasteiger partial charge on any atom is 0.272 e. The molecule has 3 heterocycles. The molecule has 0 unspecified atom stereocenters. The molecule has 0 radical (unpaired) electrons. The van der Waals surface area contributed by atoms with Gasteiger partial charge in [-0.2, -0.15) is 16.4 Å². The van der Waals surface area contributed by atoms with Crippen LogP contribution in [0.5, 0.6) is 0 Å². The highest BCUT2D eigenvalue weighted by Crippen LogP contribution is 2.10. The molecule has 22 heavy (non-hydrogen) atoms. The fourth-order valence-corrected chi connectivity index (χ4v) is 2.40. The predicted octanol–water partition coefficient (Wildman–Crippen LogP) is 0.352. The van der Waals surface area contributed by atoms with Crippen LogP contribution >= 0.6 is 11.3 Å². The second-order valence-corrected chi connectivity index (χ2v) is 5.28. The summed E-state index contributed by atoms with van der Waals surface area (Å²) in [4.78, 5) is 23.2. The van der Waals surface area contributed by atoms with Gasteiger partial charge in [-0.3, -0.25) is 9.59 Å². The van der Waals surface area contributed by atoms with E-state index in [1.54, 1.807) is 22.2 Å². The number of amides is 1. The van der Waals surface area contributed by atoms with Crippen molar-refractivity contribution in [2.45, 2.75) is 6.54 Å². The number of hydrogen-bond acceptors (Lipinski definition) is 6. The maximum atomic E-state index is 12.0. The van der Waals surface area contributed by atoms with Crippen molar-refractivity contribution in [2.24, 2.45) is 7.05 Å². The lowest BCUT2D eigenvalue weighted by molar-refractivity contribution is 0.0943. The number of carbonyl (C=O) groups excluding carboxylic acids is 1. The summed E-state index contributed by atoms with van der Waals surface area (Å²) in [6.07, 6.45) is 1.75. The lowest BCUT2D eigenvalue weighted by Crippen LogP contribution is -2.28. The van der Waals surface area contributed by atoms with Crippen molar-refractivity contribution in [1.82, 2.24) is 30.1 Å². The van der Waals surface area contributed by atoms with Crippen molar-refractivity contribution in [1.29, 1.82) is 0 Å². The molecule has 9 heteroatoms. The molecule has 3 aromatic heterocycles. The summed E-state index contributed by atoms with van der Waals surface area (Å²) in [5.41, 5.74) is 1.46. The number of rotatable bonds is 4. The van der Waals surface area contributed by atoms with E-state index in [2.05, 4.69) is 20.7 Å². The molecule has 3 aromatic rings. The van der Waals surface area contributed by atoms with E-state index >= 15 is 0 Å². The molecule has 0 saturated heterocycles. The summed E-state index contributed by atoms with van der Waals surface area (Å²) < 4.78 is 2.75. The molecule has 0 aromatic carbocycles. The van der Waals surface area contributed by atoms with Crippen LogP contribution in [-0.2, 0) is 13.6 Å². The number of nitrogens with one attached hydrogen (secondary N) is 1. The van der Waals surface area contributed by atoms with Crippen molar-refractivity contribution in [2.75, 3.05) is 0 Å². The fourth-order valence-electron chi connectivity index (χ4n) is 1.78. The van der Waals surface area contributed by atoms with Crippen molar-refractivity contribution in [3.05, 3.63) is 56.9 Å². The number of thiophene rings is 1. The summed E-state index contributed by atoms with van der Waals surface area (Å²) in [6, 6.07) is 4.62. The van der Waals surface area contributed by atoms with Crippen molar-refractivity contribution >= 4 is 17.2 Å². The van der Waals surface area contributed by atoms with E-state index in [1.165, 1.54) is 19.2 Å². The minimum Gasteiger partial charge on any atom is -0.345 e. The molecule has 8 nitrogen and oxygen atoms in total. The van der Waals surface area contributed by atoms with E-state index in [4.69, 9.17) is 0 Å². The summed E-state index contributed by atoms with van der Waals surface area (Å²) in [5, 5.41) is 18.5. The Bertz CT molecular complexity index is 852. The van der Waals surface area contributed by atoms with Crippen LogP contribution in [0.15, 0.2) is 40.0 Å². The Balaban J connectivity index is 1.66. The van der Waals surface area contributed by atoms with Gasteiger partial charge in [-0.25, -0.2) is 9.36 Å². The van der Waals surface area contributed by atoms with Gasteiger partial charge in [-0.1, -0.05) is 5.21 Å². The smallest absolute Gasteiger partial charge is 0.272 e. The van der Waals surface area contributed by atoms with Crippen LogP contribution in [0.4, 0.5) is 0 Å². The molecule has 0 fully saturated rings. The quantitative estimate of drug-likeness (QED) is 0.749. The number of carbonyl (C=O) groups is 1. The van der Waals surface area contributed by atoms with Crippen LogP contribution in [0.25, 0.3) is 5.69 Å². The maximum absolute atomic E-state index is 12.0. The van der Waals surface area contributed by atoms with Crippen molar-refractivity contribution < 1.29 is 4.79 Å². The fraction of sp³-hybridized carbons (Fsp3) is 0.154. The minimum atomic E-state index is -0.374. The van der Waals surface area contributed by atoms with Crippen LogP contribution in [-0.4, -0.2) is 30.7 Å². The molecule has 0 bridgehead atoms. The summed E-state index contributed by atoms with van der Waals surface area (Å²) in [7, 11) is 1.49. The standard InChI is InChI=1S/C13H12N6O2S/c1-18-12(20)3-2-11(16-18)13(21)14-6-9-7-19(17-15-9)10-4-5-22-8-10/h2-5,7-8H,6H2,1H3,(H,14,21). The van der Waals surface area contributed by atoms with E-state index in [1.807, 2.05) is 16.8 Å². The van der Waals surface area contributed by atoms with E-state index in [-0.39, 0.29) is 23.7 Å². The third kappa shape index (κ3) is 2.93. The SMILES string of the molecule is Cn1nc(C(=O)NCc2cn(-c3ccsc3)nn2)ccc1=O. The Morgan fingerprint density at radius 3 is 2.95 bits per heavy atom. The Labute approximate surface area is 129 Å². The van der Waals surface area contributed by atoms with Gasteiger partial charge in [0.05, 0.1) is 18.4 Å². The largest absolute Gasteiger partial charge is 0.345 e. The normalized spacial score (nSPS) is 10.6. The second kappa shape index (κ2) is 5.90. The molecule has 1 N–H and O–H groups in total. The van der Waals surface area contributed by atoms with Gasteiger partial charge in [-0.15, -0.1) is 5.10 Å². The third-order valence-corrected chi connectivity index (χ3v) is 3.61. The van der Waals surface area contributed by atoms with Crippen molar-refractivity contribution in [3.63, 3.8) is 0 Å². The third-order valence-electron chi connectivity index (χ3n) is 2.93. The average Bonchev–Trinajstić information content (AvgIpc) is 3.18. The van der Waals surface area contributed by atoms with Gasteiger partial charge >= 0.3 is 0 Å². The molecule has 0 atom stereocenters. The summed E-state index contributed by atoms with van der Waals surface area (Å²) >= 11 is 1.57. The molecule has 0 aliphatic heterocycles. The van der Waals surface area contributed by atoms with Gasteiger partial charge in [0, 0.05) is 18.5 Å². The lowest BCUT2D eigenvalue weighted by atomic mass is 10.3. The average molecular weight is 316 g/mol. The summed E-state index contributed by atoms with van der Waals surface area (Å²) in [5.74, 6) is -0.374. The zero-order valence-corrected chi connectivity index (χ0v) is 12.4. The molecule has 0 spiro atoms. The van der Waals surface area contributed by atoms with E-state index < -0.39 is 0 Å². The number of aromatic nitrogens is 5. The van der Waals surface area contributed by atoms with Crippen LogP contribution in [0, 0.1) is 0 Å². The minimum absolute atomic E-state index is 0.173. The lowest BCUT2D eigenvalue weighted by Gasteiger charge is -2.03. The Kier molecular flexibility index (Phi) is 3.79. The first-order chi connectivity index (χ1) is 10.6.